The molecule has 0 spiro atoms. The van der Waals surface area contributed by atoms with Crippen LogP contribution >= 0.6 is 0 Å². The molecule has 34 heavy (non-hydrogen) atoms. The topological polar surface area (TPSA) is 81.3 Å². The van der Waals surface area contributed by atoms with Crippen LogP contribution in [0.5, 0.6) is 0 Å². The highest BCUT2D eigenvalue weighted by molar-refractivity contribution is 5.94. The molecule has 0 N–H and O–H groups in total. The predicted molar refractivity (Wildman–Crippen MR) is 126 cm³/mol. The van der Waals surface area contributed by atoms with Crippen LogP contribution in [0.25, 0.3) is 27.8 Å². The summed E-state index contributed by atoms with van der Waals surface area (Å²) in [5.74, 6) is -0.449. The first kappa shape index (κ1) is 20.6. The summed E-state index contributed by atoms with van der Waals surface area (Å²) in [5.41, 5.74) is 5.24. The number of hydrogen-bond acceptors (Lipinski definition) is 7. The van der Waals surface area contributed by atoms with Crippen molar-refractivity contribution in [3.63, 3.8) is 0 Å². The quantitative estimate of drug-likeness (QED) is 0.407. The molecular weight excluding hydrogens is 433 g/mol. The zero-order chi connectivity index (χ0) is 23.1. The minimum Gasteiger partial charge on any atom is -0.378 e. The van der Waals surface area contributed by atoms with Gasteiger partial charge in [-0.3, -0.25) is 4.98 Å². The third-order valence-corrected chi connectivity index (χ3v) is 6.38. The molecule has 0 aliphatic carbocycles. The van der Waals surface area contributed by atoms with Gasteiger partial charge in [-0.25, -0.2) is 23.9 Å². The molecule has 3 aromatic heterocycles. The third kappa shape index (κ3) is 3.54. The van der Waals surface area contributed by atoms with Crippen molar-refractivity contribution in [2.24, 2.45) is 0 Å². The van der Waals surface area contributed by atoms with E-state index in [0.717, 1.165) is 40.9 Å². The van der Waals surface area contributed by atoms with Crippen LogP contribution in [0.1, 0.15) is 24.1 Å². The molecule has 9 heteroatoms. The van der Waals surface area contributed by atoms with E-state index >= 15 is 4.39 Å². The maximum Gasteiger partial charge on any atom is 0.177 e. The van der Waals surface area contributed by atoms with Gasteiger partial charge in [0.25, 0.3) is 0 Å². The Morgan fingerprint density at radius 3 is 2.74 bits per heavy atom. The number of nitrogens with zero attached hydrogens (tertiary/aromatic N) is 7. The van der Waals surface area contributed by atoms with Crippen LogP contribution in [0, 0.1) is 5.82 Å². The molecule has 1 atom stereocenters. The van der Waals surface area contributed by atoms with E-state index < -0.39 is 0 Å². The van der Waals surface area contributed by atoms with Crippen molar-refractivity contribution in [3.05, 3.63) is 78.5 Å². The highest BCUT2D eigenvalue weighted by atomic mass is 19.1. The fraction of sp³-hybridized carbons (Fsp3) is 0.240. The summed E-state index contributed by atoms with van der Waals surface area (Å²) in [6.45, 7) is 5.12. The van der Waals surface area contributed by atoms with E-state index in [0.29, 0.717) is 30.1 Å². The molecule has 1 unspecified atom stereocenters. The van der Waals surface area contributed by atoms with Gasteiger partial charge in [0, 0.05) is 48.0 Å². The van der Waals surface area contributed by atoms with Crippen molar-refractivity contribution in [3.8, 4) is 11.3 Å². The van der Waals surface area contributed by atoms with Crippen LogP contribution < -0.4 is 4.90 Å². The fourth-order valence-corrected chi connectivity index (χ4v) is 4.51. The molecule has 1 aliphatic heterocycles. The van der Waals surface area contributed by atoms with Crippen molar-refractivity contribution in [1.29, 1.82) is 0 Å². The van der Waals surface area contributed by atoms with Gasteiger partial charge in [0.2, 0.25) is 0 Å². The first-order valence-corrected chi connectivity index (χ1v) is 11.2. The number of fused-ring (bicyclic) bond motifs is 2. The second kappa shape index (κ2) is 8.42. The van der Waals surface area contributed by atoms with E-state index in [1.165, 1.54) is 18.7 Å². The Labute approximate surface area is 195 Å². The summed E-state index contributed by atoms with van der Waals surface area (Å²) < 4.78 is 22.2. The lowest BCUT2D eigenvalue weighted by atomic mass is 9.94. The van der Waals surface area contributed by atoms with Crippen LogP contribution in [0.4, 0.5) is 10.1 Å². The van der Waals surface area contributed by atoms with Gasteiger partial charge in [-0.15, -0.1) is 0 Å². The SMILES string of the molecule is CC(c1ccc(F)c(-c2ncnc3cc(N4CCOCC4)ccc23)c1)c1nccn2ncnc12. The van der Waals surface area contributed by atoms with E-state index in [1.807, 2.05) is 31.2 Å². The number of morpholine rings is 1. The van der Waals surface area contributed by atoms with Crippen molar-refractivity contribution in [2.75, 3.05) is 31.2 Å². The molecule has 5 aromatic rings. The van der Waals surface area contributed by atoms with Gasteiger partial charge in [0.1, 0.15) is 18.5 Å². The predicted octanol–water partition coefficient (Wildman–Crippen LogP) is 3.86. The number of halogens is 1. The Kier molecular flexibility index (Phi) is 5.10. The van der Waals surface area contributed by atoms with Gasteiger partial charge < -0.3 is 9.64 Å². The zero-order valence-corrected chi connectivity index (χ0v) is 18.6. The lowest BCUT2D eigenvalue weighted by Crippen LogP contribution is -2.36. The number of hydrogen-bond donors (Lipinski definition) is 0. The summed E-state index contributed by atoms with van der Waals surface area (Å²) in [5, 5.41) is 4.99. The Morgan fingerprint density at radius 2 is 1.85 bits per heavy atom. The monoisotopic (exact) mass is 455 g/mol. The summed E-state index contributed by atoms with van der Waals surface area (Å²) in [4.78, 5) is 20.1. The average Bonchev–Trinajstić information content (AvgIpc) is 3.38. The van der Waals surface area contributed by atoms with E-state index in [-0.39, 0.29) is 11.7 Å². The lowest BCUT2D eigenvalue weighted by Gasteiger charge is -2.29. The molecule has 0 amide bonds. The molecule has 1 saturated heterocycles. The first-order chi connectivity index (χ1) is 16.7. The largest absolute Gasteiger partial charge is 0.378 e. The van der Waals surface area contributed by atoms with E-state index in [4.69, 9.17) is 4.74 Å². The summed E-state index contributed by atoms with van der Waals surface area (Å²) >= 11 is 0. The molecule has 170 valence electrons. The Bertz CT molecular complexity index is 1500. The highest BCUT2D eigenvalue weighted by Crippen LogP contribution is 2.33. The Hall–Kier alpha value is -3.98. The van der Waals surface area contributed by atoms with Gasteiger partial charge in [-0.1, -0.05) is 13.0 Å². The number of benzene rings is 2. The van der Waals surface area contributed by atoms with Crippen molar-refractivity contribution in [1.82, 2.24) is 29.5 Å². The Balaban J connectivity index is 1.42. The minimum absolute atomic E-state index is 0.117. The third-order valence-electron chi connectivity index (χ3n) is 6.38. The molecule has 6 rings (SSSR count). The van der Waals surface area contributed by atoms with Crippen LogP contribution in [-0.4, -0.2) is 55.9 Å². The molecule has 0 bridgehead atoms. The van der Waals surface area contributed by atoms with Gasteiger partial charge in [-0.2, -0.15) is 5.10 Å². The van der Waals surface area contributed by atoms with E-state index in [1.54, 1.807) is 23.0 Å². The molecule has 8 nitrogen and oxygen atoms in total. The van der Waals surface area contributed by atoms with E-state index in [9.17, 15) is 0 Å². The molecule has 4 heterocycles. The number of aromatic nitrogens is 6. The van der Waals surface area contributed by atoms with Gasteiger partial charge in [0.15, 0.2) is 5.65 Å². The minimum atomic E-state index is -0.332. The Morgan fingerprint density at radius 1 is 0.971 bits per heavy atom. The van der Waals surface area contributed by atoms with Crippen molar-refractivity contribution in [2.45, 2.75) is 12.8 Å². The zero-order valence-electron chi connectivity index (χ0n) is 18.6. The maximum atomic E-state index is 15.1. The second-order valence-corrected chi connectivity index (χ2v) is 8.32. The number of ether oxygens (including phenoxy) is 1. The number of anilines is 1. The van der Waals surface area contributed by atoms with Crippen LogP contribution in [0.2, 0.25) is 0 Å². The van der Waals surface area contributed by atoms with Gasteiger partial charge in [-0.05, 0) is 35.9 Å². The van der Waals surface area contributed by atoms with Crippen molar-refractivity contribution < 1.29 is 9.13 Å². The molecule has 0 radical (unpaired) electrons. The second-order valence-electron chi connectivity index (χ2n) is 8.32. The van der Waals surface area contributed by atoms with Gasteiger partial charge in [0.05, 0.1) is 30.1 Å². The van der Waals surface area contributed by atoms with Crippen LogP contribution in [-0.2, 0) is 4.74 Å². The van der Waals surface area contributed by atoms with Crippen molar-refractivity contribution >= 4 is 22.2 Å². The highest BCUT2D eigenvalue weighted by Gasteiger charge is 2.19. The standard InChI is InChI=1S/C25H22FN7O/c1-16(23-25-30-15-31-33(25)7-6-27-23)17-2-5-21(26)20(12-17)24-19-4-3-18(13-22(19)28-14-29-24)32-8-10-34-11-9-32/h2-7,12-16H,8-11H2,1H3. The smallest absolute Gasteiger partial charge is 0.177 e. The molecule has 2 aromatic carbocycles. The summed E-state index contributed by atoms with van der Waals surface area (Å²) in [6.07, 6.45) is 6.45. The van der Waals surface area contributed by atoms with E-state index in [2.05, 4.69) is 29.9 Å². The molecule has 1 fully saturated rings. The average molecular weight is 455 g/mol. The van der Waals surface area contributed by atoms with Crippen LogP contribution in [0.3, 0.4) is 0 Å². The molecule has 1 aliphatic rings. The lowest BCUT2D eigenvalue weighted by molar-refractivity contribution is 0.122. The number of rotatable bonds is 4. The summed E-state index contributed by atoms with van der Waals surface area (Å²) in [6, 6.07) is 11.2. The molecule has 0 saturated carbocycles. The van der Waals surface area contributed by atoms with Gasteiger partial charge >= 0.3 is 0 Å². The summed E-state index contributed by atoms with van der Waals surface area (Å²) in [7, 11) is 0. The molecular formula is C25H22FN7O. The maximum absolute atomic E-state index is 15.1. The normalized spacial score (nSPS) is 15.2. The fourth-order valence-electron chi connectivity index (χ4n) is 4.51. The first-order valence-electron chi connectivity index (χ1n) is 11.2. The van der Waals surface area contributed by atoms with Crippen LogP contribution in [0.15, 0.2) is 61.4 Å².